The standard InChI is InChI=1S/C10H12ClNO2/c1-7(2)14-6-9(13)10-8(11)4-3-5-12-10/h3-5,7H,6H2,1-2H3. The molecule has 0 atom stereocenters. The van der Waals surface area contributed by atoms with Crippen LogP contribution < -0.4 is 0 Å². The van der Waals surface area contributed by atoms with Crippen LogP contribution in [0, 0.1) is 0 Å². The molecule has 14 heavy (non-hydrogen) atoms. The molecule has 0 fully saturated rings. The predicted octanol–water partition coefficient (Wildman–Crippen LogP) is 2.34. The molecule has 0 N–H and O–H groups in total. The lowest BCUT2D eigenvalue weighted by Gasteiger charge is -2.06. The molecular formula is C10H12ClNO2. The van der Waals surface area contributed by atoms with Crippen molar-refractivity contribution in [3.8, 4) is 0 Å². The molecule has 76 valence electrons. The molecule has 0 amide bonds. The summed E-state index contributed by atoms with van der Waals surface area (Å²) in [4.78, 5) is 15.4. The number of Topliss-reactive ketones (excluding diaryl/α,β-unsaturated/α-hetero) is 1. The Balaban J connectivity index is 2.65. The minimum Gasteiger partial charge on any atom is -0.371 e. The number of halogens is 1. The van der Waals surface area contributed by atoms with E-state index >= 15 is 0 Å². The summed E-state index contributed by atoms with van der Waals surface area (Å²) < 4.78 is 5.16. The Morgan fingerprint density at radius 2 is 2.36 bits per heavy atom. The fraction of sp³-hybridized carbons (Fsp3) is 0.400. The molecule has 4 heteroatoms. The summed E-state index contributed by atoms with van der Waals surface area (Å²) in [5.74, 6) is -0.190. The smallest absolute Gasteiger partial charge is 0.208 e. The van der Waals surface area contributed by atoms with Gasteiger partial charge in [0.15, 0.2) is 0 Å². The summed E-state index contributed by atoms with van der Waals surface area (Å²) >= 11 is 5.80. The van der Waals surface area contributed by atoms with Crippen molar-refractivity contribution in [2.75, 3.05) is 6.61 Å². The van der Waals surface area contributed by atoms with Crippen molar-refractivity contribution in [3.05, 3.63) is 29.0 Å². The van der Waals surface area contributed by atoms with Crippen LogP contribution in [0.2, 0.25) is 5.02 Å². The van der Waals surface area contributed by atoms with Gasteiger partial charge in [0, 0.05) is 6.20 Å². The molecule has 1 heterocycles. The number of hydrogen-bond acceptors (Lipinski definition) is 3. The van der Waals surface area contributed by atoms with Gasteiger partial charge in [0.1, 0.15) is 12.3 Å². The molecule has 1 rings (SSSR count). The van der Waals surface area contributed by atoms with Crippen molar-refractivity contribution in [1.29, 1.82) is 0 Å². The van der Waals surface area contributed by atoms with Gasteiger partial charge >= 0.3 is 0 Å². The third-order valence-corrected chi connectivity index (χ3v) is 1.88. The Labute approximate surface area is 88.1 Å². The van der Waals surface area contributed by atoms with Gasteiger partial charge in [-0.2, -0.15) is 0 Å². The highest BCUT2D eigenvalue weighted by Gasteiger charge is 2.11. The lowest BCUT2D eigenvalue weighted by molar-refractivity contribution is 0.0581. The first kappa shape index (κ1) is 11.1. The third-order valence-electron chi connectivity index (χ3n) is 1.57. The van der Waals surface area contributed by atoms with Gasteiger partial charge < -0.3 is 4.74 Å². The molecule has 1 aromatic heterocycles. The molecular weight excluding hydrogens is 202 g/mol. The summed E-state index contributed by atoms with van der Waals surface area (Å²) in [5, 5.41) is 0.366. The SMILES string of the molecule is CC(C)OCC(=O)c1ncccc1Cl. The topological polar surface area (TPSA) is 39.2 Å². The molecule has 0 unspecified atom stereocenters. The molecule has 0 radical (unpaired) electrons. The maximum absolute atomic E-state index is 11.5. The van der Waals surface area contributed by atoms with Gasteiger partial charge in [-0.25, -0.2) is 0 Å². The molecule has 0 aliphatic carbocycles. The lowest BCUT2D eigenvalue weighted by atomic mass is 10.2. The number of hydrogen-bond donors (Lipinski definition) is 0. The van der Waals surface area contributed by atoms with E-state index in [4.69, 9.17) is 16.3 Å². The van der Waals surface area contributed by atoms with E-state index in [0.29, 0.717) is 5.02 Å². The van der Waals surface area contributed by atoms with Crippen molar-refractivity contribution in [2.45, 2.75) is 20.0 Å². The van der Waals surface area contributed by atoms with Crippen molar-refractivity contribution in [1.82, 2.24) is 4.98 Å². The predicted molar refractivity (Wildman–Crippen MR) is 54.7 cm³/mol. The van der Waals surface area contributed by atoms with Crippen molar-refractivity contribution in [2.24, 2.45) is 0 Å². The van der Waals surface area contributed by atoms with E-state index < -0.39 is 0 Å². The number of aromatic nitrogens is 1. The summed E-state index contributed by atoms with van der Waals surface area (Å²) in [6.07, 6.45) is 1.57. The van der Waals surface area contributed by atoms with Crippen LogP contribution in [0.25, 0.3) is 0 Å². The first-order chi connectivity index (χ1) is 6.61. The van der Waals surface area contributed by atoms with E-state index in [9.17, 15) is 4.79 Å². The number of rotatable bonds is 4. The van der Waals surface area contributed by atoms with Gasteiger partial charge in [-0.15, -0.1) is 0 Å². The highest BCUT2D eigenvalue weighted by molar-refractivity contribution is 6.33. The van der Waals surface area contributed by atoms with Crippen LogP contribution in [0.3, 0.4) is 0 Å². The second kappa shape index (κ2) is 5.08. The van der Waals surface area contributed by atoms with E-state index in [2.05, 4.69) is 4.98 Å². The van der Waals surface area contributed by atoms with Crippen LogP contribution >= 0.6 is 11.6 Å². The molecule has 0 saturated carbocycles. The van der Waals surface area contributed by atoms with Crippen LogP contribution in [0.4, 0.5) is 0 Å². The van der Waals surface area contributed by atoms with E-state index in [1.165, 1.54) is 6.20 Å². The number of nitrogens with zero attached hydrogens (tertiary/aromatic N) is 1. The summed E-state index contributed by atoms with van der Waals surface area (Å²) in [6.45, 7) is 3.76. The molecule has 0 saturated heterocycles. The third kappa shape index (κ3) is 3.09. The molecule has 0 aliphatic heterocycles. The van der Waals surface area contributed by atoms with Crippen LogP contribution in [-0.4, -0.2) is 23.5 Å². The maximum Gasteiger partial charge on any atom is 0.208 e. The minimum absolute atomic E-state index is 0.0222. The molecule has 1 aromatic rings. The van der Waals surface area contributed by atoms with Crippen LogP contribution in [0.1, 0.15) is 24.3 Å². The number of pyridine rings is 1. The number of ether oxygens (including phenoxy) is 1. The Hall–Kier alpha value is -0.930. The Bertz CT molecular complexity index is 326. The second-order valence-corrected chi connectivity index (χ2v) is 3.52. The zero-order chi connectivity index (χ0) is 10.6. The van der Waals surface area contributed by atoms with Gasteiger partial charge in [-0.1, -0.05) is 11.6 Å². The molecule has 0 aliphatic rings. The summed E-state index contributed by atoms with van der Waals surface area (Å²) in [6, 6.07) is 3.32. The molecule has 3 nitrogen and oxygen atoms in total. The van der Waals surface area contributed by atoms with Gasteiger partial charge in [0.25, 0.3) is 0 Å². The Morgan fingerprint density at radius 3 is 2.93 bits per heavy atom. The maximum atomic E-state index is 11.5. The Morgan fingerprint density at radius 1 is 1.64 bits per heavy atom. The van der Waals surface area contributed by atoms with Crippen LogP contribution in [0.5, 0.6) is 0 Å². The number of ketones is 1. The van der Waals surface area contributed by atoms with Crippen LogP contribution in [0.15, 0.2) is 18.3 Å². The van der Waals surface area contributed by atoms with E-state index in [1.54, 1.807) is 12.1 Å². The highest BCUT2D eigenvalue weighted by atomic mass is 35.5. The van der Waals surface area contributed by atoms with Crippen LogP contribution in [-0.2, 0) is 4.74 Å². The number of carbonyl (C=O) groups excluding carboxylic acids is 1. The fourth-order valence-corrected chi connectivity index (χ4v) is 1.13. The van der Waals surface area contributed by atoms with Gasteiger partial charge in [-0.3, -0.25) is 9.78 Å². The zero-order valence-corrected chi connectivity index (χ0v) is 8.91. The second-order valence-electron chi connectivity index (χ2n) is 3.12. The highest BCUT2D eigenvalue weighted by Crippen LogP contribution is 2.12. The monoisotopic (exact) mass is 213 g/mol. The minimum atomic E-state index is -0.190. The normalized spacial score (nSPS) is 10.6. The van der Waals surface area contributed by atoms with Crippen molar-refractivity contribution in [3.63, 3.8) is 0 Å². The quantitative estimate of drug-likeness (QED) is 0.721. The molecule has 0 spiro atoms. The fourth-order valence-electron chi connectivity index (χ4n) is 0.902. The van der Waals surface area contributed by atoms with E-state index in [-0.39, 0.29) is 24.2 Å². The first-order valence-corrected chi connectivity index (χ1v) is 4.74. The van der Waals surface area contributed by atoms with E-state index in [0.717, 1.165) is 0 Å². The lowest BCUT2D eigenvalue weighted by Crippen LogP contribution is -2.14. The van der Waals surface area contributed by atoms with Gasteiger partial charge in [0.05, 0.1) is 11.1 Å². The average Bonchev–Trinajstić information content (AvgIpc) is 2.15. The summed E-state index contributed by atoms with van der Waals surface area (Å²) in [5.41, 5.74) is 0.273. The van der Waals surface area contributed by atoms with Gasteiger partial charge in [-0.05, 0) is 26.0 Å². The largest absolute Gasteiger partial charge is 0.371 e. The first-order valence-electron chi connectivity index (χ1n) is 4.36. The Kier molecular flexibility index (Phi) is 4.04. The molecule has 0 bridgehead atoms. The van der Waals surface area contributed by atoms with Crippen molar-refractivity contribution < 1.29 is 9.53 Å². The molecule has 0 aromatic carbocycles. The zero-order valence-electron chi connectivity index (χ0n) is 8.16. The van der Waals surface area contributed by atoms with Gasteiger partial charge in [0.2, 0.25) is 5.78 Å². The summed E-state index contributed by atoms with van der Waals surface area (Å²) in [7, 11) is 0. The van der Waals surface area contributed by atoms with Crippen molar-refractivity contribution >= 4 is 17.4 Å². The average molecular weight is 214 g/mol. The van der Waals surface area contributed by atoms with E-state index in [1.807, 2.05) is 13.8 Å². The number of carbonyl (C=O) groups is 1.